The number of anilines is 1. The summed E-state index contributed by atoms with van der Waals surface area (Å²) in [6, 6.07) is 28.4. The highest BCUT2D eigenvalue weighted by atomic mass is 16.5. The molecule has 0 aliphatic rings. The number of carbonyl (C=O) groups is 1. The summed E-state index contributed by atoms with van der Waals surface area (Å²) < 4.78 is 11.8. The summed E-state index contributed by atoms with van der Waals surface area (Å²) in [4.78, 5) is 14.9. The maximum Gasteiger partial charge on any atom is 0.316 e. The van der Waals surface area contributed by atoms with Gasteiger partial charge in [-0.3, -0.25) is 0 Å². The normalized spacial score (nSPS) is 11.9. The highest BCUT2D eigenvalue weighted by Gasteiger charge is 2.13. The third kappa shape index (κ3) is 6.05. The van der Waals surface area contributed by atoms with Gasteiger partial charge in [-0.2, -0.15) is 0 Å². The number of primary amides is 1. The van der Waals surface area contributed by atoms with E-state index < -0.39 is 12.1 Å². The van der Waals surface area contributed by atoms with Gasteiger partial charge in [-0.15, -0.1) is 0 Å². The average Bonchev–Trinajstić information content (AvgIpc) is 3.30. The maximum absolute atomic E-state index is 11.5. The van der Waals surface area contributed by atoms with Crippen LogP contribution in [0.3, 0.4) is 0 Å². The van der Waals surface area contributed by atoms with E-state index in [0.29, 0.717) is 43.3 Å². The Balaban J connectivity index is 1.13. The first-order valence-electron chi connectivity index (χ1n) is 12.5. The number of H-pyrrole nitrogens is 1. The van der Waals surface area contributed by atoms with Crippen molar-refractivity contribution in [2.24, 2.45) is 5.73 Å². The van der Waals surface area contributed by atoms with Crippen LogP contribution in [0.4, 0.5) is 10.5 Å². The fourth-order valence-corrected chi connectivity index (χ4v) is 4.37. The van der Waals surface area contributed by atoms with Crippen LogP contribution in [0, 0.1) is 0 Å². The second-order valence-corrected chi connectivity index (χ2v) is 8.97. The predicted octanol–water partition coefficient (Wildman–Crippen LogP) is 5.09. The van der Waals surface area contributed by atoms with Gasteiger partial charge in [0.15, 0.2) is 0 Å². The number of aromatic nitrogens is 1. The summed E-state index contributed by atoms with van der Waals surface area (Å²) in [6.45, 7) is 1.64. The van der Waals surface area contributed by atoms with Crippen molar-refractivity contribution in [2.75, 3.05) is 25.0 Å². The van der Waals surface area contributed by atoms with Gasteiger partial charge in [0.25, 0.3) is 0 Å². The fraction of sp³-hybridized carbons (Fsp3) is 0.167. The average molecular weight is 511 g/mol. The first-order valence-corrected chi connectivity index (χ1v) is 12.5. The quantitative estimate of drug-likeness (QED) is 0.158. The van der Waals surface area contributed by atoms with E-state index in [4.69, 9.17) is 15.2 Å². The summed E-state index contributed by atoms with van der Waals surface area (Å²) in [5, 5.41) is 18.8. The number of amides is 2. The van der Waals surface area contributed by atoms with Gasteiger partial charge in [-0.25, -0.2) is 4.79 Å². The molecule has 4 aromatic carbocycles. The molecule has 0 fully saturated rings. The van der Waals surface area contributed by atoms with Crippen LogP contribution in [0.5, 0.6) is 11.5 Å². The molecule has 0 saturated heterocycles. The van der Waals surface area contributed by atoms with Crippen molar-refractivity contribution >= 4 is 33.5 Å². The molecular formula is C30H30N4O4. The molecule has 194 valence electrons. The smallest absolute Gasteiger partial charge is 0.316 e. The van der Waals surface area contributed by atoms with E-state index in [1.807, 2.05) is 54.6 Å². The Morgan fingerprint density at radius 2 is 1.68 bits per heavy atom. The third-order valence-corrected chi connectivity index (χ3v) is 6.25. The summed E-state index contributed by atoms with van der Waals surface area (Å²) in [5.41, 5.74) is 9.49. The SMILES string of the molecule is NC(=O)Nc1cc(C(O)CNCCOc2ccc3c(c2)[nH]c2ccccc23)ccc1OCc1ccccc1. The Morgan fingerprint density at radius 3 is 2.53 bits per heavy atom. The van der Waals surface area contributed by atoms with Crippen LogP contribution in [0.15, 0.2) is 91.0 Å². The lowest BCUT2D eigenvalue weighted by atomic mass is 10.1. The Hall–Kier alpha value is -4.53. The number of hydrogen-bond donors (Lipinski definition) is 5. The van der Waals surface area contributed by atoms with E-state index in [1.165, 1.54) is 5.39 Å². The van der Waals surface area contributed by atoms with Crippen molar-refractivity contribution < 1.29 is 19.4 Å². The van der Waals surface area contributed by atoms with Crippen LogP contribution >= 0.6 is 0 Å². The van der Waals surface area contributed by atoms with Gasteiger partial charge in [-0.05, 0) is 41.5 Å². The maximum atomic E-state index is 11.5. The minimum atomic E-state index is -0.797. The number of hydrogen-bond acceptors (Lipinski definition) is 5. The first kappa shape index (κ1) is 25.1. The van der Waals surface area contributed by atoms with Crippen LogP contribution in [-0.4, -0.2) is 35.8 Å². The molecular weight excluding hydrogens is 480 g/mol. The van der Waals surface area contributed by atoms with Crippen LogP contribution in [-0.2, 0) is 6.61 Å². The molecule has 0 spiro atoms. The molecule has 8 nitrogen and oxygen atoms in total. The second-order valence-electron chi connectivity index (χ2n) is 8.97. The number of ether oxygens (including phenoxy) is 2. The molecule has 0 bridgehead atoms. The number of para-hydroxylation sites is 1. The van der Waals surface area contributed by atoms with E-state index >= 15 is 0 Å². The molecule has 1 atom stereocenters. The van der Waals surface area contributed by atoms with Gasteiger partial charge in [0, 0.05) is 35.4 Å². The van der Waals surface area contributed by atoms with Gasteiger partial charge in [0.2, 0.25) is 0 Å². The number of aliphatic hydroxyl groups is 1. The molecule has 0 saturated carbocycles. The lowest BCUT2D eigenvalue weighted by molar-refractivity contribution is 0.172. The number of aromatic amines is 1. The van der Waals surface area contributed by atoms with Crippen LogP contribution < -0.4 is 25.8 Å². The van der Waals surface area contributed by atoms with Crippen LogP contribution in [0.2, 0.25) is 0 Å². The van der Waals surface area contributed by atoms with Gasteiger partial charge in [-0.1, -0.05) is 54.6 Å². The Morgan fingerprint density at radius 1 is 0.895 bits per heavy atom. The number of urea groups is 1. The van der Waals surface area contributed by atoms with E-state index in [1.54, 1.807) is 18.2 Å². The van der Waals surface area contributed by atoms with Gasteiger partial charge in [0.05, 0.1) is 17.3 Å². The summed E-state index contributed by atoms with van der Waals surface area (Å²) in [5.74, 6) is 1.25. The van der Waals surface area contributed by atoms with Crippen molar-refractivity contribution in [3.8, 4) is 11.5 Å². The fourth-order valence-electron chi connectivity index (χ4n) is 4.37. The first-order chi connectivity index (χ1) is 18.6. The highest BCUT2D eigenvalue weighted by Crippen LogP contribution is 2.30. The Bertz CT molecular complexity index is 1530. The number of benzene rings is 4. The lowest BCUT2D eigenvalue weighted by Gasteiger charge is -2.17. The number of fused-ring (bicyclic) bond motifs is 3. The summed E-state index contributed by atoms with van der Waals surface area (Å²) >= 11 is 0. The minimum Gasteiger partial charge on any atom is -0.492 e. The zero-order chi connectivity index (χ0) is 26.3. The molecule has 1 aromatic heterocycles. The van der Waals surface area contributed by atoms with Crippen molar-refractivity contribution in [2.45, 2.75) is 12.7 Å². The molecule has 1 heterocycles. The number of nitrogens with two attached hydrogens (primary N) is 1. The monoisotopic (exact) mass is 510 g/mol. The molecule has 0 aliphatic carbocycles. The van der Waals surface area contributed by atoms with Gasteiger partial charge in [0.1, 0.15) is 24.7 Å². The zero-order valence-electron chi connectivity index (χ0n) is 20.8. The second kappa shape index (κ2) is 11.7. The van der Waals surface area contributed by atoms with Crippen molar-refractivity contribution in [3.05, 3.63) is 102 Å². The molecule has 0 radical (unpaired) electrons. The minimum absolute atomic E-state index is 0.310. The van der Waals surface area contributed by atoms with E-state index in [2.05, 4.69) is 33.8 Å². The molecule has 38 heavy (non-hydrogen) atoms. The largest absolute Gasteiger partial charge is 0.492 e. The van der Waals surface area contributed by atoms with E-state index in [-0.39, 0.29) is 0 Å². The van der Waals surface area contributed by atoms with Crippen molar-refractivity contribution in [1.82, 2.24) is 10.3 Å². The molecule has 1 unspecified atom stereocenters. The van der Waals surface area contributed by atoms with E-state index in [0.717, 1.165) is 27.7 Å². The summed E-state index contributed by atoms with van der Waals surface area (Å²) in [7, 11) is 0. The Kier molecular flexibility index (Phi) is 7.73. The number of rotatable bonds is 11. The predicted molar refractivity (Wildman–Crippen MR) is 150 cm³/mol. The summed E-state index contributed by atoms with van der Waals surface area (Å²) in [6.07, 6.45) is -0.797. The van der Waals surface area contributed by atoms with Crippen LogP contribution in [0.1, 0.15) is 17.2 Å². The zero-order valence-corrected chi connectivity index (χ0v) is 20.8. The molecule has 2 amide bonds. The third-order valence-electron chi connectivity index (χ3n) is 6.25. The van der Waals surface area contributed by atoms with Gasteiger partial charge < -0.3 is 35.9 Å². The molecule has 0 aliphatic heterocycles. The topological polar surface area (TPSA) is 122 Å². The van der Waals surface area contributed by atoms with Gasteiger partial charge >= 0.3 is 6.03 Å². The molecule has 5 aromatic rings. The number of carbonyl (C=O) groups excluding carboxylic acids is 1. The number of nitrogens with one attached hydrogen (secondary N) is 3. The highest BCUT2D eigenvalue weighted by molar-refractivity contribution is 6.07. The standard InChI is InChI=1S/C30H30N4O4/c31-30(36)34-27-16-21(10-13-29(27)38-19-20-6-2-1-3-7-20)28(35)18-32-14-15-37-22-11-12-24-23-8-4-5-9-25(23)33-26(24)17-22/h1-13,16-17,28,32-33,35H,14-15,18-19H2,(H3,31,34,36). The Labute approximate surface area is 220 Å². The lowest BCUT2D eigenvalue weighted by Crippen LogP contribution is -2.26. The number of aliphatic hydroxyl groups excluding tert-OH is 1. The molecule has 8 heteroatoms. The van der Waals surface area contributed by atoms with Crippen LogP contribution in [0.25, 0.3) is 21.8 Å². The molecule has 6 N–H and O–H groups in total. The van der Waals surface area contributed by atoms with Crippen molar-refractivity contribution in [3.63, 3.8) is 0 Å². The van der Waals surface area contributed by atoms with E-state index in [9.17, 15) is 9.90 Å². The van der Waals surface area contributed by atoms with Crippen molar-refractivity contribution in [1.29, 1.82) is 0 Å². The molecule has 5 rings (SSSR count).